The van der Waals surface area contributed by atoms with Crippen LogP contribution in [0.15, 0.2) is 48.5 Å². The van der Waals surface area contributed by atoms with Crippen molar-refractivity contribution < 1.29 is 14.4 Å². The van der Waals surface area contributed by atoms with E-state index >= 15 is 0 Å². The Labute approximate surface area is 156 Å². The molecule has 0 aromatic heterocycles. The van der Waals surface area contributed by atoms with Gasteiger partial charge in [-0.3, -0.25) is 14.5 Å². The molecule has 26 heavy (non-hydrogen) atoms. The number of hydrogen-bond acceptors (Lipinski definition) is 3. The van der Waals surface area contributed by atoms with Gasteiger partial charge in [0.15, 0.2) is 5.78 Å². The maximum absolute atomic E-state index is 13.0. The molecule has 1 aliphatic heterocycles. The molecule has 1 unspecified atom stereocenters. The van der Waals surface area contributed by atoms with E-state index in [1.54, 1.807) is 44.2 Å². The van der Waals surface area contributed by atoms with Crippen LogP contribution >= 0.6 is 11.6 Å². The molecule has 1 saturated heterocycles. The number of benzene rings is 2. The molecule has 3 amide bonds. The Morgan fingerprint density at radius 3 is 2.42 bits per heavy atom. The first-order valence-corrected chi connectivity index (χ1v) is 8.64. The Morgan fingerprint density at radius 2 is 1.81 bits per heavy atom. The van der Waals surface area contributed by atoms with Gasteiger partial charge in [0, 0.05) is 10.6 Å². The highest BCUT2D eigenvalue weighted by Crippen LogP contribution is 2.31. The van der Waals surface area contributed by atoms with E-state index in [1.807, 2.05) is 19.1 Å². The quantitative estimate of drug-likeness (QED) is 0.659. The van der Waals surface area contributed by atoms with Crippen molar-refractivity contribution in [3.05, 3.63) is 70.2 Å². The third-order valence-electron chi connectivity index (χ3n) is 4.73. The highest BCUT2D eigenvalue weighted by molar-refractivity contribution is 6.31. The minimum absolute atomic E-state index is 0.343. The minimum atomic E-state index is -1.20. The number of nitrogens with zero attached hydrogens (tertiary/aromatic N) is 1. The predicted molar refractivity (Wildman–Crippen MR) is 99.2 cm³/mol. The molecule has 0 bridgehead atoms. The average molecular weight is 371 g/mol. The number of nitrogens with one attached hydrogen (secondary N) is 1. The molecule has 134 valence electrons. The molecule has 0 spiro atoms. The summed E-state index contributed by atoms with van der Waals surface area (Å²) in [4.78, 5) is 39.3. The van der Waals surface area contributed by atoms with Crippen molar-refractivity contribution >= 4 is 29.3 Å². The van der Waals surface area contributed by atoms with Gasteiger partial charge in [-0.15, -0.1) is 0 Å². The van der Waals surface area contributed by atoms with Gasteiger partial charge in [0.2, 0.25) is 0 Å². The van der Waals surface area contributed by atoms with Crippen molar-refractivity contribution in [1.29, 1.82) is 0 Å². The largest absolute Gasteiger partial charge is 0.325 e. The van der Waals surface area contributed by atoms with E-state index in [1.165, 1.54) is 6.07 Å². The molecule has 0 aliphatic carbocycles. The van der Waals surface area contributed by atoms with E-state index in [2.05, 4.69) is 5.32 Å². The molecule has 6 heteroatoms. The number of carbonyl (C=O) groups is 3. The summed E-state index contributed by atoms with van der Waals surface area (Å²) in [5.74, 6) is -0.793. The van der Waals surface area contributed by atoms with Crippen LogP contribution in [-0.2, 0) is 10.3 Å². The van der Waals surface area contributed by atoms with Crippen LogP contribution in [0.5, 0.6) is 0 Å². The van der Waals surface area contributed by atoms with Crippen LogP contribution < -0.4 is 5.32 Å². The molecule has 0 radical (unpaired) electrons. The topological polar surface area (TPSA) is 66.5 Å². The Morgan fingerprint density at radius 1 is 1.15 bits per heavy atom. The Hall–Kier alpha value is -2.66. The predicted octanol–water partition coefficient (Wildman–Crippen LogP) is 3.69. The molecule has 2 aromatic carbocycles. The SMILES string of the molecule is Cc1ccc([C@@]2(C)NC(=O)N(C(C)C(=O)c3cccc(Cl)c3)C2=O)cc1. The Kier molecular flexibility index (Phi) is 4.59. The second-order valence-electron chi connectivity index (χ2n) is 6.65. The van der Waals surface area contributed by atoms with Crippen molar-refractivity contribution in [2.24, 2.45) is 0 Å². The zero-order valence-corrected chi connectivity index (χ0v) is 15.5. The van der Waals surface area contributed by atoms with Crippen molar-refractivity contribution in [3.63, 3.8) is 0 Å². The summed E-state index contributed by atoms with van der Waals surface area (Å²) in [6.07, 6.45) is 0. The standard InChI is InChI=1S/C20H19ClN2O3/c1-12-7-9-15(10-8-12)20(3)18(25)23(19(26)22-20)13(2)17(24)14-5-4-6-16(21)11-14/h4-11,13H,1-3H3,(H,22,26)/t13?,20-/m1/s1. The van der Waals surface area contributed by atoms with Crippen molar-refractivity contribution in [1.82, 2.24) is 10.2 Å². The molecule has 0 saturated carbocycles. The van der Waals surface area contributed by atoms with Crippen LogP contribution in [0.1, 0.15) is 35.3 Å². The summed E-state index contributed by atoms with van der Waals surface area (Å²) in [5, 5.41) is 3.14. The van der Waals surface area contributed by atoms with E-state index in [0.29, 0.717) is 16.1 Å². The highest BCUT2D eigenvalue weighted by Gasteiger charge is 2.51. The van der Waals surface area contributed by atoms with Crippen LogP contribution in [0.4, 0.5) is 4.79 Å². The van der Waals surface area contributed by atoms with Gasteiger partial charge >= 0.3 is 6.03 Å². The number of rotatable bonds is 4. The smallest absolute Gasteiger partial charge is 0.319 e. The van der Waals surface area contributed by atoms with Crippen molar-refractivity contribution in [2.75, 3.05) is 0 Å². The molecule has 1 heterocycles. The number of Topliss-reactive ketones (excluding diaryl/α,β-unsaturated/α-hetero) is 1. The first-order valence-electron chi connectivity index (χ1n) is 8.27. The summed E-state index contributed by atoms with van der Waals surface area (Å²) in [6.45, 7) is 5.13. The lowest BCUT2D eigenvalue weighted by Crippen LogP contribution is -2.45. The van der Waals surface area contributed by atoms with E-state index < -0.39 is 23.5 Å². The molecule has 1 N–H and O–H groups in total. The number of ketones is 1. The van der Waals surface area contributed by atoms with Gasteiger partial charge in [-0.05, 0) is 38.5 Å². The number of urea groups is 1. The lowest BCUT2D eigenvalue weighted by molar-refractivity contribution is -0.131. The van der Waals surface area contributed by atoms with Crippen LogP contribution in [0.25, 0.3) is 0 Å². The van der Waals surface area contributed by atoms with Gasteiger partial charge in [0.05, 0.1) is 0 Å². The number of amides is 3. The van der Waals surface area contributed by atoms with Crippen LogP contribution in [0.3, 0.4) is 0 Å². The van der Waals surface area contributed by atoms with E-state index in [4.69, 9.17) is 11.6 Å². The van der Waals surface area contributed by atoms with Gasteiger partial charge in [-0.25, -0.2) is 4.79 Å². The number of hydrogen-bond donors (Lipinski definition) is 1. The average Bonchev–Trinajstić information content (AvgIpc) is 2.84. The molecule has 5 nitrogen and oxygen atoms in total. The minimum Gasteiger partial charge on any atom is -0.319 e. The van der Waals surface area contributed by atoms with E-state index in [9.17, 15) is 14.4 Å². The molecular formula is C20H19ClN2O3. The maximum Gasteiger partial charge on any atom is 0.325 e. The van der Waals surface area contributed by atoms with Crippen LogP contribution in [0, 0.1) is 6.92 Å². The zero-order valence-electron chi connectivity index (χ0n) is 14.7. The number of imide groups is 1. The zero-order chi connectivity index (χ0) is 19.1. The molecule has 1 fully saturated rings. The fraction of sp³-hybridized carbons (Fsp3) is 0.250. The summed E-state index contributed by atoms with van der Waals surface area (Å²) in [6, 6.07) is 12.3. The molecule has 2 aromatic rings. The molecule has 3 rings (SSSR count). The van der Waals surface area contributed by atoms with Crippen molar-refractivity contribution in [2.45, 2.75) is 32.4 Å². The second-order valence-corrected chi connectivity index (χ2v) is 7.08. The first kappa shape index (κ1) is 18.1. The fourth-order valence-electron chi connectivity index (χ4n) is 3.10. The van der Waals surface area contributed by atoms with Gasteiger partial charge < -0.3 is 5.32 Å². The summed E-state index contributed by atoms with van der Waals surface area (Å²) in [7, 11) is 0. The monoisotopic (exact) mass is 370 g/mol. The number of aryl methyl sites for hydroxylation is 1. The van der Waals surface area contributed by atoms with Gasteiger partial charge in [0.25, 0.3) is 5.91 Å². The number of halogens is 1. The fourth-order valence-corrected chi connectivity index (χ4v) is 3.29. The Balaban J connectivity index is 1.91. The summed E-state index contributed by atoms with van der Waals surface area (Å²) >= 11 is 5.94. The molecular weight excluding hydrogens is 352 g/mol. The van der Waals surface area contributed by atoms with Gasteiger partial charge in [-0.2, -0.15) is 0 Å². The second kappa shape index (κ2) is 6.57. The maximum atomic E-state index is 13.0. The van der Waals surface area contributed by atoms with Gasteiger partial charge in [0.1, 0.15) is 11.6 Å². The lowest BCUT2D eigenvalue weighted by Gasteiger charge is -2.24. The molecule has 2 atom stereocenters. The lowest BCUT2D eigenvalue weighted by atomic mass is 9.91. The summed E-state index contributed by atoms with van der Waals surface area (Å²) in [5.41, 5.74) is 0.879. The summed E-state index contributed by atoms with van der Waals surface area (Å²) < 4.78 is 0. The van der Waals surface area contributed by atoms with E-state index in [0.717, 1.165) is 10.5 Å². The normalized spacial score (nSPS) is 20.8. The third kappa shape index (κ3) is 2.99. The first-order chi connectivity index (χ1) is 12.2. The molecule has 1 aliphatic rings. The van der Waals surface area contributed by atoms with Gasteiger partial charge in [-0.1, -0.05) is 53.6 Å². The van der Waals surface area contributed by atoms with Crippen LogP contribution in [0.2, 0.25) is 5.02 Å². The van der Waals surface area contributed by atoms with E-state index in [-0.39, 0.29) is 5.78 Å². The number of carbonyl (C=O) groups excluding carboxylic acids is 3. The third-order valence-corrected chi connectivity index (χ3v) is 4.96. The van der Waals surface area contributed by atoms with Crippen LogP contribution in [-0.4, -0.2) is 28.7 Å². The van der Waals surface area contributed by atoms with Crippen molar-refractivity contribution in [3.8, 4) is 0 Å². The Bertz CT molecular complexity index is 894. The highest BCUT2D eigenvalue weighted by atomic mass is 35.5.